The van der Waals surface area contributed by atoms with Gasteiger partial charge in [-0.2, -0.15) is 0 Å². The van der Waals surface area contributed by atoms with Crippen molar-refractivity contribution in [3.05, 3.63) is 17.7 Å². The fraction of sp³-hybridized carbons (Fsp3) is 0.500. The number of nitrogens with one attached hydrogen (secondary N) is 2. The number of ether oxygens (including phenoxy) is 3. The largest absolute Gasteiger partial charge is 0.493 e. The molecule has 0 spiro atoms. The minimum absolute atomic E-state index is 0.0902. The molecule has 1 atom stereocenters. The number of carbonyl (C=O) groups excluding carboxylic acids is 1. The molecule has 6 heteroatoms. The Hall–Kier alpha value is -1.95. The van der Waals surface area contributed by atoms with Gasteiger partial charge in [-0.25, -0.2) is 0 Å². The standard InChI is InChI=1S/C14H20N2O4/c1-18-11-4-9(5-12(19-2)14(11)20-3)7-15-10-6-13(17)16-8-10/h4-5,10,15H,6-8H2,1-3H3,(H,16,17). The number of amides is 1. The van der Waals surface area contributed by atoms with Crippen LogP contribution in [0, 0.1) is 0 Å². The van der Waals surface area contributed by atoms with Gasteiger partial charge in [0.05, 0.1) is 21.3 Å². The van der Waals surface area contributed by atoms with Crippen molar-refractivity contribution in [2.45, 2.75) is 19.0 Å². The number of hydrogen-bond acceptors (Lipinski definition) is 5. The van der Waals surface area contributed by atoms with Crippen molar-refractivity contribution in [2.75, 3.05) is 27.9 Å². The molecular formula is C14H20N2O4. The maximum Gasteiger partial charge on any atom is 0.221 e. The van der Waals surface area contributed by atoms with Crippen molar-refractivity contribution in [1.82, 2.24) is 10.6 Å². The molecule has 0 bridgehead atoms. The van der Waals surface area contributed by atoms with E-state index in [2.05, 4.69) is 10.6 Å². The highest BCUT2D eigenvalue weighted by Crippen LogP contribution is 2.38. The fourth-order valence-electron chi connectivity index (χ4n) is 2.25. The average Bonchev–Trinajstić information content (AvgIpc) is 2.89. The van der Waals surface area contributed by atoms with Crippen LogP contribution < -0.4 is 24.8 Å². The van der Waals surface area contributed by atoms with Gasteiger partial charge in [0, 0.05) is 25.6 Å². The van der Waals surface area contributed by atoms with Gasteiger partial charge in [-0.15, -0.1) is 0 Å². The van der Waals surface area contributed by atoms with E-state index in [0.29, 0.717) is 36.8 Å². The molecule has 0 aromatic heterocycles. The Morgan fingerprint density at radius 1 is 1.20 bits per heavy atom. The molecule has 1 unspecified atom stereocenters. The maximum absolute atomic E-state index is 11.1. The Kier molecular flexibility index (Phi) is 4.68. The van der Waals surface area contributed by atoms with E-state index < -0.39 is 0 Å². The number of methoxy groups -OCH3 is 3. The summed E-state index contributed by atoms with van der Waals surface area (Å²) in [5, 5.41) is 6.13. The van der Waals surface area contributed by atoms with Gasteiger partial charge in [0.1, 0.15) is 0 Å². The van der Waals surface area contributed by atoms with Crippen LogP contribution in [0.15, 0.2) is 12.1 Å². The van der Waals surface area contributed by atoms with Crippen LogP contribution in [0.25, 0.3) is 0 Å². The minimum atomic E-state index is 0.0902. The lowest BCUT2D eigenvalue weighted by atomic mass is 10.1. The third-order valence-electron chi connectivity index (χ3n) is 3.30. The summed E-state index contributed by atoms with van der Waals surface area (Å²) in [5.74, 6) is 1.93. The molecule has 1 heterocycles. The zero-order valence-electron chi connectivity index (χ0n) is 12.0. The average molecular weight is 280 g/mol. The molecule has 110 valence electrons. The predicted molar refractivity (Wildman–Crippen MR) is 74.4 cm³/mol. The lowest BCUT2D eigenvalue weighted by Gasteiger charge is -2.15. The van der Waals surface area contributed by atoms with Crippen LogP contribution in [0.1, 0.15) is 12.0 Å². The molecule has 0 saturated carbocycles. The van der Waals surface area contributed by atoms with Gasteiger partial charge in [0.15, 0.2) is 11.5 Å². The highest BCUT2D eigenvalue weighted by atomic mass is 16.5. The van der Waals surface area contributed by atoms with Gasteiger partial charge < -0.3 is 24.8 Å². The van der Waals surface area contributed by atoms with Gasteiger partial charge >= 0.3 is 0 Å². The number of hydrogen-bond donors (Lipinski definition) is 2. The number of carbonyl (C=O) groups is 1. The number of benzene rings is 1. The summed E-state index contributed by atoms with van der Waals surface area (Å²) in [4.78, 5) is 11.1. The molecule has 0 aliphatic carbocycles. The number of rotatable bonds is 6. The summed E-state index contributed by atoms with van der Waals surface area (Å²) in [6.45, 7) is 1.31. The Morgan fingerprint density at radius 2 is 1.85 bits per heavy atom. The SMILES string of the molecule is COc1cc(CNC2CNC(=O)C2)cc(OC)c1OC. The summed E-state index contributed by atoms with van der Waals surface area (Å²) < 4.78 is 15.9. The van der Waals surface area contributed by atoms with Crippen molar-refractivity contribution < 1.29 is 19.0 Å². The molecule has 1 saturated heterocycles. The van der Waals surface area contributed by atoms with Gasteiger partial charge in [-0.1, -0.05) is 0 Å². The quantitative estimate of drug-likeness (QED) is 0.802. The van der Waals surface area contributed by atoms with E-state index in [4.69, 9.17) is 14.2 Å². The van der Waals surface area contributed by atoms with Crippen molar-refractivity contribution >= 4 is 5.91 Å². The summed E-state index contributed by atoms with van der Waals surface area (Å²) in [5.41, 5.74) is 1.01. The molecule has 1 aliphatic rings. The molecule has 2 rings (SSSR count). The Balaban J connectivity index is 2.09. The third kappa shape index (κ3) is 3.14. The molecule has 20 heavy (non-hydrogen) atoms. The molecule has 2 N–H and O–H groups in total. The highest BCUT2D eigenvalue weighted by Gasteiger charge is 2.21. The first kappa shape index (κ1) is 14.5. The second-order valence-corrected chi connectivity index (χ2v) is 4.62. The van der Waals surface area contributed by atoms with Gasteiger partial charge in [0.25, 0.3) is 0 Å². The van der Waals surface area contributed by atoms with Crippen molar-refractivity contribution in [1.29, 1.82) is 0 Å². The molecular weight excluding hydrogens is 260 g/mol. The Labute approximate surface area is 118 Å². The first-order valence-electron chi connectivity index (χ1n) is 6.47. The zero-order chi connectivity index (χ0) is 14.5. The fourth-order valence-corrected chi connectivity index (χ4v) is 2.25. The maximum atomic E-state index is 11.1. The van der Waals surface area contributed by atoms with E-state index in [1.54, 1.807) is 21.3 Å². The second kappa shape index (κ2) is 6.47. The van der Waals surface area contributed by atoms with Gasteiger partial charge in [0.2, 0.25) is 11.7 Å². The van der Waals surface area contributed by atoms with E-state index in [0.717, 1.165) is 5.56 Å². The molecule has 0 radical (unpaired) electrons. The summed E-state index contributed by atoms with van der Waals surface area (Å²) in [7, 11) is 4.76. The molecule has 1 fully saturated rings. The lowest BCUT2D eigenvalue weighted by molar-refractivity contribution is -0.119. The molecule has 1 aromatic rings. The van der Waals surface area contributed by atoms with Crippen LogP contribution in [0.4, 0.5) is 0 Å². The second-order valence-electron chi connectivity index (χ2n) is 4.62. The van der Waals surface area contributed by atoms with Crippen molar-refractivity contribution in [3.63, 3.8) is 0 Å². The zero-order valence-corrected chi connectivity index (χ0v) is 12.0. The molecule has 1 aliphatic heterocycles. The van der Waals surface area contributed by atoms with E-state index in [-0.39, 0.29) is 11.9 Å². The topological polar surface area (TPSA) is 68.8 Å². The highest BCUT2D eigenvalue weighted by molar-refractivity contribution is 5.78. The van der Waals surface area contributed by atoms with Crippen LogP contribution in [0.2, 0.25) is 0 Å². The van der Waals surface area contributed by atoms with Crippen LogP contribution in [0.5, 0.6) is 17.2 Å². The van der Waals surface area contributed by atoms with Gasteiger partial charge in [-0.05, 0) is 17.7 Å². The first-order valence-corrected chi connectivity index (χ1v) is 6.47. The van der Waals surface area contributed by atoms with Crippen LogP contribution in [-0.2, 0) is 11.3 Å². The van der Waals surface area contributed by atoms with E-state index >= 15 is 0 Å². The van der Waals surface area contributed by atoms with E-state index in [9.17, 15) is 4.79 Å². The van der Waals surface area contributed by atoms with Crippen LogP contribution >= 0.6 is 0 Å². The third-order valence-corrected chi connectivity index (χ3v) is 3.30. The molecule has 1 aromatic carbocycles. The monoisotopic (exact) mass is 280 g/mol. The Morgan fingerprint density at radius 3 is 2.30 bits per heavy atom. The van der Waals surface area contributed by atoms with Crippen molar-refractivity contribution in [3.8, 4) is 17.2 Å². The van der Waals surface area contributed by atoms with Crippen LogP contribution in [0.3, 0.4) is 0 Å². The van der Waals surface area contributed by atoms with Crippen LogP contribution in [-0.4, -0.2) is 39.8 Å². The molecule has 6 nitrogen and oxygen atoms in total. The van der Waals surface area contributed by atoms with E-state index in [1.165, 1.54) is 0 Å². The predicted octanol–water partition coefficient (Wildman–Crippen LogP) is 0.690. The summed E-state index contributed by atoms with van der Waals surface area (Å²) in [6.07, 6.45) is 0.518. The first-order chi connectivity index (χ1) is 9.67. The van der Waals surface area contributed by atoms with Gasteiger partial charge in [-0.3, -0.25) is 4.79 Å². The smallest absolute Gasteiger partial charge is 0.221 e. The summed E-state index contributed by atoms with van der Waals surface area (Å²) >= 11 is 0. The minimum Gasteiger partial charge on any atom is -0.493 e. The summed E-state index contributed by atoms with van der Waals surface area (Å²) in [6, 6.07) is 3.97. The molecule has 1 amide bonds. The lowest BCUT2D eigenvalue weighted by Crippen LogP contribution is -2.30. The normalized spacial score (nSPS) is 17.8. The Bertz CT molecular complexity index is 465. The van der Waals surface area contributed by atoms with E-state index in [1.807, 2.05) is 12.1 Å². The van der Waals surface area contributed by atoms with Crippen molar-refractivity contribution in [2.24, 2.45) is 0 Å².